The average Bonchev–Trinajstić information content (AvgIpc) is 2.26. The van der Waals surface area contributed by atoms with E-state index in [0.29, 0.717) is 5.69 Å². The van der Waals surface area contributed by atoms with Crippen molar-refractivity contribution in [3.05, 3.63) is 24.3 Å². The molecule has 0 spiro atoms. The summed E-state index contributed by atoms with van der Waals surface area (Å²) in [6.07, 6.45) is 4.30. The molecule has 1 aromatic heterocycles. The maximum atomic E-state index is 8.67. The highest BCUT2D eigenvalue weighted by atomic mass is 16.6. The Bertz CT molecular complexity index is 400. The number of aromatic nitrogens is 2. The molecule has 0 bridgehead atoms. The van der Waals surface area contributed by atoms with E-state index in [1.807, 2.05) is 0 Å². The number of nitriles is 2. The molecule has 1 aromatic rings. The van der Waals surface area contributed by atoms with Crippen molar-refractivity contribution in [3.63, 3.8) is 0 Å². The standard InChI is InChI=1S/C8H5N5O/c9-1-4-14-13-7(5-10)8-6-11-2-3-12-8/h2-3,6H,4H2. The number of nitrogens with zero attached hydrogens (tertiary/aromatic N) is 5. The molecule has 68 valence electrons. The number of oxime groups is 1. The summed E-state index contributed by atoms with van der Waals surface area (Å²) in [5, 5.41) is 20.3. The SMILES string of the molecule is N#CCON=C(C#N)c1cnccn1. The molecule has 0 radical (unpaired) electrons. The topological polar surface area (TPSA) is 94.9 Å². The van der Waals surface area contributed by atoms with Gasteiger partial charge < -0.3 is 4.84 Å². The van der Waals surface area contributed by atoms with Gasteiger partial charge in [0.1, 0.15) is 17.8 Å². The van der Waals surface area contributed by atoms with Crippen molar-refractivity contribution in [2.75, 3.05) is 6.61 Å². The van der Waals surface area contributed by atoms with Crippen molar-refractivity contribution >= 4 is 5.71 Å². The third kappa shape index (κ3) is 2.54. The summed E-state index contributed by atoms with van der Waals surface area (Å²) in [5.74, 6) is 0. The molecule has 0 aliphatic rings. The Morgan fingerprint density at radius 3 is 2.93 bits per heavy atom. The minimum atomic E-state index is -0.203. The van der Waals surface area contributed by atoms with E-state index >= 15 is 0 Å². The average molecular weight is 187 g/mol. The van der Waals surface area contributed by atoms with Gasteiger partial charge in [0.25, 0.3) is 0 Å². The predicted octanol–water partition coefficient (Wildman–Crippen LogP) is 0.244. The lowest BCUT2D eigenvalue weighted by Crippen LogP contribution is -2.02. The quantitative estimate of drug-likeness (QED) is 0.384. The highest BCUT2D eigenvalue weighted by molar-refractivity contribution is 6.09. The summed E-state index contributed by atoms with van der Waals surface area (Å²) in [4.78, 5) is 12.1. The Hall–Kier alpha value is -2.47. The van der Waals surface area contributed by atoms with Crippen LogP contribution < -0.4 is 0 Å². The fourth-order valence-electron chi connectivity index (χ4n) is 0.672. The molecule has 6 heteroatoms. The van der Waals surface area contributed by atoms with Gasteiger partial charge in [-0.05, 0) is 0 Å². The summed E-state index contributed by atoms with van der Waals surface area (Å²) >= 11 is 0. The maximum absolute atomic E-state index is 8.67. The lowest BCUT2D eigenvalue weighted by atomic mass is 10.3. The van der Waals surface area contributed by atoms with Crippen LogP contribution in [0.4, 0.5) is 0 Å². The van der Waals surface area contributed by atoms with Crippen molar-refractivity contribution in [2.45, 2.75) is 0 Å². The molecule has 1 heterocycles. The second kappa shape index (κ2) is 5.22. The first-order valence-electron chi connectivity index (χ1n) is 3.62. The molecule has 0 aliphatic heterocycles. The second-order valence-electron chi connectivity index (χ2n) is 2.07. The Labute approximate surface area is 80.1 Å². The van der Waals surface area contributed by atoms with Crippen LogP contribution in [0.2, 0.25) is 0 Å². The van der Waals surface area contributed by atoms with Gasteiger partial charge in [-0.2, -0.15) is 10.5 Å². The van der Waals surface area contributed by atoms with Gasteiger partial charge in [-0.15, -0.1) is 0 Å². The monoisotopic (exact) mass is 187 g/mol. The largest absolute Gasteiger partial charge is 0.379 e. The van der Waals surface area contributed by atoms with Crippen LogP contribution in [-0.4, -0.2) is 22.3 Å². The minimum absolute atomic E-state index is 0.00616. The van der Waals surface area contributed by atoms with E-state index < -0.39 is 0 Å². The summed E-state index contributed by atoms with van der Waals surface area (Å²) in [6.45, 7) is -0.203. The molecule has 0 fully saturated rings. The van der Waals surface area contributed by atoms with Crippen molar-refractivity contribution in [1.82, 2.24) is 9.97 Å². The van der Waals surface area contributed by atoms with Crippen molar-refractivity contribution < 1.29 is 4.84 Å². The van der Waals surface area contributed by atoms with Gasteiger partial charge in [0, 0.05) is 12.4 Å². The van der Waals surface area contributed by atoms with E-state index in [1.54, 1.807) is 12.1 Å². The van der Waals surface area contributed by atoms with E-state index in [0.717, 1.165) is 0 Å². The number of hydrogen-bond donors (Lipinski definition) is 0. The lowest BCUT2D eigenvalue weighted by molar-refractivity contribution is 0.179. The predicted molar refractivity (Wildman–Crippen MR) is 45.7 cm³/mol. The van der Waals surface area contributed by atoms with Crippen LogP contribution >= 0.6 is 0 Å². The Morgan fingerprint density at radius 2 is 2.36 bits per heavy atom. The third-order valence-electron chi connectivity index (χ3n) is 1.20. The molecule has 0 N–H and O–H groups in total. The van der Waals surface area contributed by atoms with Crippen LogP contribution in [0.1, 0.15) is 5.69 Å². The zero-order valence-corrected chi connectivity index (χ0v) is 7.08. The zero-order valence-electron chi connectivity index (χ0n) is 7.08. The first-order chi connectivity index (χ1) is 6.88. The maximum Gasteiger partial charge on any atom is 0.206 e. The second-order valence-corrected chi connectivity index (χ2v) is 2.07. The smallest absolute Gasteiger partial charge is 0.206 e. The number of rotatable bonds is 3. The molecular formula is C8H5N5O. The highest BCUT2D eigenvalue weighted by Gasteiger charge is 2.03. The minimum Gasteiger partial charge on any atom is -0.379 e. The Balaban J connectivity index is 2.80. The summed E-state index contributed by atoms with van der Waals surface area (Å²) < 4.78 is 0. The van der Waals surface area contributed by atoms with Gasteiger partial charge in [0.05, 0.1) is 6.20 Å². The van der Waals surface area contributed by atoms with Gasteiger partial charge in [0.2, 0.25) is 12.3 Å². The van der Waals surface area contributed by atoms with Gasteiger partial charge >= 0.3 is 0 Å². The molecule has 0 saturated carbocycles. The van der Waals surface area contributed by atoms with Crippen molar-refractivity contribution in [1.29, 1.82) is 10.5 Å². The fourth-order valence-corrected chi connectivity index (χ4v) is 0.672. The molecule has 6 nitrogen and oxygen atoms in total. The molecule has 0 saturated heterocycles. The third-order valence-corrected chi connectivity index (χ3v) is 1.20. The van der Waals surface area contributed by atoms with Gasteiger partial charge in [-0.1, -0.05) is 5.16 Å². The van der Waals surface area contributed by atoms with Crippen molar-refractivity contribution in [2.24, 2.45) is 5.16 Å². The van der Waals surface area contributed by atoms with Crippen LogP contribution in [0.25, 0.3) is 0 Å². The summed E-state index contributed by atoms with van der Waals surface area (Å²) in [7, 11) is 0. The highest BCUT2D eigenvalue weighted by Crippen LogP contribution is 1.94. The van der Waals surface area contributed by atoms with Crippen LogP contribution in [0, 0.1) is 22.7 Å². The van der Waals surface area contributed by atoms with E-state index in [4.69, 9.17) is 10.5 Å². The normalized spacial score (nSPS) is 10.0. The van der Waals surface area contributed by atoms with Gasteiger partial charge in [-0.3, -0.25) is 9.97 Å². The van der Waals surface area contributed by atoms with Crippen LogP contribution in [0.15, 0.2) is 23.7 Å². The summed E-state index contributed by atoms with van der Waals surface area (Å²) in [6, 6.07) is 3.51. The molecule has 1 rings (SSSR count). The van der Waals surface area contributed by atoms with E-state index in [9.17, 15) is 0 Å². The Morgan fingerprint density at radius 1 is 1.50 bits per heavy atom. The van der Waals surface area contributed by atoms with E-state index in [1.165, 1.54) is 18.6 Å². The van der Waals surface area contributed by atoms with E-state index in [2.05, 4.69) is 20.0 Å². The Kier molecular flexibility index (Phi) is 3.59. The van der Waals surface area contributed by atoms with Crippen LogP contribution in [-0.2, 0) is 4.84 Å². The molecule has 0 atom stereocenters. The molecular weight excluding hydrogens is 182 g/mol. The molecule has 0 unspecified atom stereocenters. The molecule has 14 heavy (non-hydrogen) atoms. The number of hydrogen-bond acceptors (Lipinski definition) is 6. The lowest BCUT2D eigenvalue weighted by Gasteiger charge is -1.94. The van der Waals surface area contributed by atoms with Crippen LogP contribution in [0.5, 0.6) is 0 Å². The zero-order chi connectivity index (χ0) is 10.2. The summed E-state index contributed by atoms with van der Waals surface area (Å²) in [5.41, 5.74) is 0.307. The van der Waals surface area contributed by atoms with Crippen molar-refractivity contribution in [3.8, 4) is 12.1 Å². The van der Waals surface area contributed by atoms with Crippen LogP contribution in [0.3, 0.4) is 0 Å². The first kappa shape index (κ1) is 9.62. The van der Waals surface area contributed by atoms with Gasteiger partial charge in [0.15, 0.2) is 0 Å². The fraction of sp³-hybridized carbons (Fsp3) is 0.125. The molecule has 0 aliphatic carbocycles. The molecule has 0 aromatic carbocycles. The first-order valence-corrected chi connectivity index (χ1v) is 3.62. The van der Waals surface area contributed by atoms with E-state index in [-0.39, 0.29) is 12.3 Å². The van der Waals surface area contributed by atoms with Gasteiger partial charge in [-0.25, -0.2) is 0 Å². The molecule has 0 amide bonds.